The van der Waals surface area contributed by atoms with Crippen molar-refractivity contribution in [3.05, 3.63) is 23.8 Å². The Bertz CT molecular complexity index is 593. The first-order chi connectivity index (χ1) is 8.84. The van der Waals surface area contributed by atoms with Gasteiger partial charge < -0.3 is 5.73 Å². The second-order valence-electron chi connectivity index (χ2n) is 4.19. The van der Waals surface area contributed by atoms with Gasteiger partial charge in [0.05, 0.1) is 5.56 Å². The minimum Gasteiger partial charge on any atom is -0.399 e. The van der Waals surface area contributed by atoms with E-state index >= 15 is 0 Å². The van der Waals surface area contributed by atoms with Gasteiger partial charge in [0, 0.05) is 24.5 Å². The summed E-state index contributed by atoms with van der Waals surface area (Å²) >= 11 is 1.57. The molecule has 1 atom stereocenters. The molecule has 0 aromatic heterocycles. The lowest BCUT2D eigenvalue weighted by molar-refractivity contribution is 0.415. The number of sulfonamides is 1. The van der Waals surface area contributed by atoms with Gasteiger partial charge in [0.25, 0.3) is 0 Å². The van der Waals surface area contributed by atoms with Crippen LogP contribution in [0.4, 0.5) is 5.69 Å². The van der Waals surface area contributed by atoms with Crippen LogP contribution in [-0.2, 0) is 10.0 Å². The summed E-state index contributed by atoms with van der Waals surface area (Å²) < 4.78 is 26.2. The van der Waals surface area contributed by atoms with Crippen LogP contribution in [0.15, 0.2) is 23.1 Å². The van der Waals surface area contributed by atoms with Crippen molar-refractivity contribution in [2.45, 2.75) is 17.9 Å². The summed E-state index contributed by atoms with van der Waals surface area (Å²) in [4.78, 5) is -0.000321. The molecule has 104 valence electrons. The third-order valence-corrected chi connectivity index (χ3v) is 5.66. The molecule has 0 radical (unpaired) electrons. The first kappa shape index (κ1) is 15.8. The molecule has 0 saturated carbocycles. The first-order valence-corrected chi connectivity index (χ1v) is 8.44. The number of thioether (sulfide) groups is 1. The Balaban J connectivity index is 3.25. The summed E-state index contributed by atoms with van der Waals surface area (Å²) in [5.41, 5.74) is 6.01. The maximum Gasteiger partial charge on any atom is 0.244 e. The molecule has 0 heterocycles. The van der Waals surface area contributed by atoms with Gasteiger partial charge >= 0.3 is 0 Å². The number of hydrogen-bond donors (Lipinski definition) is 1. The predicted molar refractivity (Wildman–Crippen MR) is 78.4 cm³/mol. The molecular weight excluding hydrogens is 282 g/mol. The standard InChI is InChI=1S/C12H17N3O2S2/c1-9(8-18-3)15(2)19(16,17)12-5-4-11(14)6-10(12)7-13/h4-6,9H,8,14H2,1-3H3. The van der Waals surface area contributed by atoms with Crippen molar-refractivity contribution in [1.29, 1.82) is 5.26 Å². The Morgan fingerprint density at radius 1 is 1.53 bits per heavy atom. The molecule has 1 aromatic carbocycles. The van der Waals surface area contributed by atoms with E-state index < -0.39 is 10.0 Å². The zero-order valence-corrected chi connectivity index (χ0v) is 12.8. The van der Waals surface area contributed by atoms with Crippen LogP contribution in [0.25, 0.3) is 0 Å². The quantitative estimate of drug-likeness (QED) is 0.833. The minimum absolute atomic E-state index is 0.000321. The molecule has 2 N–H and O–H groups in total. The van der Waals surface area contributed by atoms with Gasteiger partial charge in [-0.25, -0.2) is 8.42 Å². The fourth-order valence-electron chi connectivity index (χ4n) is 1.60. The van der Waals surface area contributed by atoms with Gasteiger partial charge in [-0.15, -0.1) is 0 Å². The van der Waals surface area contributed by atoms with E-state index in [2.05, 4.69) is 0 Å². The second-order valence-corrected chi connectivity index (χ2v) is 7.07. The maximum atomic E-state index is 12.5. The topological polar surface area (TPSA) is 87.2 Å². The van der Waals surface area contributed by atoms with Gasteiger partial charge in [-0.1, -0.05) is 0 Å². The molecule has 19 heavy (non-hydrogen) atoms. The molecular formula is C12H17N3O2S2. The molecule has 1 rings (SSSR count). The molecule has 0 spiro atoms. The van der Waals surface area contributed by atoms with E-state index in [1.807, 2.05) is 19.2 Å². The van der Waals surface area contributed by atoms with Gasteiger partial charge in [-0.3, -0.25) is 0 Å². The van der Waals surface area contributed by atoms with Crippen LogP contribution in [0, 0.1) is 11.3 Å². The molecule has 0 fully saturated rings. The van der Waals surface area contributed by atoms with Crippen molar-refractivity contribution in [2.75, 3.05) is 24.8 Å². The van der Waals surface area contributed by atoms with Gasteiger partial charge in [-0.2, -0.15) is 21.3 Å². The van der Waals surface area contributed by atoms with Crippen LogP contribution >= 0.6 is 11.8 Å². The summed E-state index contributed by atoms with van der Waals surface area (Å²) in [6.45, 7) is 1.83. The number of benzene rings is 1. The maximum absolute atomic E-state index is 12.5. The van der Waals surface area contributed by atoms with Gasteiger partial charge in [0.15, 0.2) is 0 Å². The Morgan fingerprint density at radius 3 is 2.68 bits per heavy atom. The van der Waals surface area contributed by atoms with Crippen molar-refractivity contribution in [1.82, 2.24) is 4.31 Å². The third-order valence-electron chi connectivity index (χ3n) is 2.81. The average Bonchev–Trinajstić information content (AvgIpc) is 2.37. The average molecular weight is 299 g/mol. The first-order valence-electron chi connectivity index (χ1n) is 5.61. The SMILES string of the molecule is CSCC(C)N(C)S(=O)(=O)c1ccc(N)cc1C#N. The van der Waals surface area contributed by atoms with E-state index in [1.54, 1.807) is 11.8 Å². The van der Waals surface area contributed by atoms with E-state index in [4.69, 9.17) is 11.0 Å². The van der Waals surface area contributed by atoms with Crippen molar-refractivity contribution >= 4 is 27.5 Å². The Hall–Kier alpha value is -1.23. The molecule has 1 aromatic rings. The van der Waals surface area contributed by atoms with Crippen molar-refractivity contribution in [3.63, 3.8) is 0 Å². The van der Waals surface area contributed by atoms with Crippen LogP contribution in [0.1, 0.15) is 12.5 Å². The lowest BCUT2D eigenvalue weighted by Gasteiger charge is -2.24. The highest BCUT2D eigenvalue weighted by Crippen LogP contribution is 2.23. The summed E-state index contributed by atoms with van der Waals surface area (Å²) in [6, 6.07) is 5.97. The zero-order chi connectivity index (χ0) is 14.6. The monoisotopic (exact) mass is 299 g/mol. The zero-order valence-electron chi connectivity index (χ0n) is 11.1. The summed E-state index contributed by atoms with van der Waals surface area (Å²) in [5, 5.41) is 9.04. The van der Waals surface area contributed by atoms with E-state index in [-0.39, 0.29) is 16.5 Å². The van der Waals surface area contributed by atoms with E-state index in [0.717, 1.165) is 0 Å². The van der Waals surface area contributed by atoms with Crippen molar-refractivity contribution in [2.24, 2.45) is 0 Å². The fraction of sp³-hybridized carbons (Fsp3) is 0.417. The lowest BCUT2D eigenvalue weighted by atomic mass is 10.2. The Kier molecular flexibility index (Phi) is 5.23. The van der Waals surface area contributed by atoms with Crippen LogP contribution in [-0.4, -0.2) is 37.8 Å². The lowest BCUT2D eigenvalue weighted by Crippen LogP contribution is -2.36. The van der Waals surface area contributed by atoms with E-state index in [0.29, 0.717) is 11.4 Å². The highest BCUT2D eigenvalue weighted by Gasteiger charge is 2.27. The van der Waals surface area contributed by atoms with Crippen molar-refractivity contribution < 1.29 is 8.42 Å². The summed E-state index contributed by atoms with van der Waals surface area (Å²) in [6.07, 6.45) is 1.92. The van der Waals surface area contributed by atoms with Gasteiger partial charge in [-0.05, 0) is 31.4 Å². The highest BCUT2D eigenvalue weighted by molar-refractivity contribution is 7.98. The Labute approximate surface area is 118 Å². The second kappa shape index (κ2) is 6.28. The number of anilines is 1. The molecule has 1 unspecified atom stereocenters. The molecule has 7 heteroatoms. The van der Waals surface area contributed by atoms with Crippen molar-refractivity contribution in [3.8, 4) is 6.07 Å². The van der Waals surface area contributed by atoms with Gasteiger partial charge in [0.2, 0.25) is 10.0 Å². The largest absolute Gasteiger partial charge is 0.399 e. The highest BCUT2D eigenvalue weighted by atomic mass is 32.2. The molecule has 0 aliphatic carbocycles. The van der Waals surface area contributed by atoms with Crippen LogP contribution < -0.4 is 5.73 Å². The smallest absolute Gasteiger partial charge is 0.244 e. The fourth-order valence-corrected chi connectivity index (χ4v) is 3.88. The third kappa shape index (κ3) is 3.41. The van der Waals surface area contributed by atoms with Gasteiger partial charge in [0.1, 0.15) is 11.0 Å². The predicted octanol–water partition coefficient (Wildman–Crippen LogP) is 1.51. The molecule has 0 saturated heterocycles. The molecule has 5 nitrogen and oxygen atoms in total. The molecule has 0 amide bonds. The number of nitrogens with two attached hydrogens (primary N) is 1. The molecule has 0 bridgehead atoms. The minimum atomic E-state index is -3.68. The van der Waals surface area contributed by atoms with E-state index in [9.17, 15) is 8.42 Å². The number of nitrogens with zero attached hydrogens (tertiary/aromatic N) is 2. The number of rotatable bonds is 5. The molecule has 0 aliphatic heterocycles. The summed E-state index contributed by atoms with van der Waals surface area (Å²) in [5.74, 6) is 0.687. The Morgan fingerprint density at radius 2 is 2.16 bits per heavy atom. The molecule has 0 aliphatic rings. The normalized spacial score (nSPS) is 13.2. The number of hydrogen-bond acceptors (Lipinski definition) is 5. The van der Waals surface area contributed by atoms with Crippen LogP contribution in [0.2, 0.25) is 0 Å². The van der Waals surface area contributed by atoms with Crippen LogP contribution in [0.3, 0.4) is 0 Å². The van der Waals surface area contributed by atoms with Crippen LogP contribution in [0.5, 0.6) is 0 Å². The number of nitriles is 1. The summed E-state index contributed by atoms with van der Waals surface area (Å²) in [7, 11) is -2.16. The number of nitrogen functional groups attached to an aromatic ring is 1. The van der Waals surface area contributed by atoms with E-state index in [1.165, 1.54) is 29.6 Å².